The number of nitro benzene ring substituents is 1. The average Bonchev–Trinajstić information content (AvgIpc) is 2.84. The molecule has 106 valence electrons. The van der Waals surface area contributed by atoms with Crippen LogP contribution in [0.3, 0.4) is 0 Å². The van der Waals surface area contributed by atoms with Crippen molar-refractivity contribution in [2.24, 2.45) is 7.05 Å². The van der Waals surface area contributed by atoms with Crippen molar-refractivity contribution in [3.8, 4) is 5.75 Å². The van der Waals surface area contributed by atoms with Crippen LogP contribution in [0.2, 0.25) is 0 Å². The van der Waals surface area contributed by atoms with Crippen molar-refractivity contribution in [1.29, 1.82) is 0 Å². The summed E-state index contributed by atoms with van der Waals surface area (Å²) in [5.74, 6) is 1.39. The van der Waals surface area contributed by atoms with Gasteiger partial charge in [-0.25, -0.2) is 4.98 Å². The van der Waals surface area contributed by atoms with Crippen molar-refractivity contribution in [2.45, 2.75) is 12.3 Å². The first-order chi connectivity index (χ1) is 9.61. The van der Waals surface area contributed by atoms with E-state index in [1.54, 1.807) is 18.3 Å². The Kier molecular flexibility index (Phi) is 4.57. The van der Waals surface area contributed by atoms with E-state index in [9.17, 15) is 10.1 Å². The molecule has 0 aliphatic heterocycles. The number of nitrogens with zero attached hydrogens (tertiary/aromatic N) is 3. The largest absolute Gasteiger partial charge is 0.486 e. The van der Waals surface area contributed by atoms with Gasteiger partial charge in [0.1, 0.15) is 5.82 Å². The Balaban J connectivity index is 2.07. The van der Waals surface area contributed by atoms with Gasteiger partial charge in [0.05, 0.1) is 11.5 Å². The zero-order valence-electron chi connectivity index (χ0n) is 11.0. The van der Waals surface area contributed by atoms with Gasteiger partial charge in [-0.3, -0.25) is 10.1 Å². The molecule has 0 amide bonds. The molecular formula is C13H14ClN3O3. The third kappa shape index (κ3) is 3.27. The van der Waals surface area contributed by atoms with Crippen LogP contribution in [0.25, 0.3) is 0 Å². The van der Waals surface area contributed by atoms with Crippen LogP contribution in [0.1, 0.15) is 11.4 Å². The van der Waals surface area contributed by atoms with E-state index in [4.69, 9.17) is 16.3 Å². The van der Waals surface area contributed by atoms with Crippen LogP contribution in [-0.4, -0.2) is 21.1 Å². The van der Waals surface area contributed by atoms with Gasteiger partial charge in [0.25, 0.3) is 0 Å². The van der Waals surface area contributed by atoms with Gasteiger partial charge >= 0.3 is 5.69 Å². The van der Waals surface area contributed by atoms with Gasteiger partial charge in [-0.1, -0.05) is 6.07 Å². The van der Waals surface area contributed by atoms with E-state index in [1.807, 2.05) is 17.8 Å². The lowest BCUT2D eigenvalue weighted by Gasteiger charge is -2.08. The van der Waals surface area contributed by atoms with Gasteiger partial charge in [-0.2, -0.15) is 0 Å². The lowest BCUT2D eigenvalue weighted by atomic mass is 10.2. The zero-order valence-corrected chi connectivity index (χ0v) is 11.7. The fourth-order valence-electron chi connectivity index (χ4n) is 1.80. The van der Waals surface area contributed by atoms with Crippen molar-refractivity contribution in [3.05, 3.63) is 52.1 Å². The van der Waals surface area contributed by atoms with Gasteiger partial charge in [-0.15, -0.1) is 11.6 Å². The highest BCUT2D eigenvalue weighted by molar-refractivity contribution is 6.17. The fourth-order valence-corrected chi connectivity index (χ4v) is 1.96. The maximum Gasteiger partial charge on any atom is 0.310 e. The second-order valence-corrected chi connectivity index (χ2v) is 4.51. The molecule has 0 radical (unpaired) electrons. The molecule has 0 bridgehead atoms. The Hall–Kier alpha value is -2.08. The van der Waals surface area contributed by atoms with Crippen molar-refractivity contribution in [3.63, 3.8) is 0 Å². The minimum atomic E-state index is -0.464. The lowest BCUT2D eigenvalue weighted by molar-refractivity contribution is -0.385. The molecule has 0 fully saturated rings. The number of benzene rings is 1. The number of alkyl halides is 1. The topological polar surface area (TPSA) is 70.2 Å². The summed E-state index contributed by atoms with van der Waals surface area (Å²) in [4.78, 5) is 14.6. The first-order valence-electron chi connectivity index (χ1n) is 6.04. The van der Waals surface area contributed by atoms with Crippen LogP contribution < -0.4 is 4.74 Å². The fraction of sp³-hybridized carbons (Fsp3) is 0.308. The van der Waals surface area contributed by atoms with Crippen molar-refractivity contribution >= 4 is 17.3 Å². The van der Waals surface area contributed by atoms with Crippen LogP contribution in [0, 0.1) is 10.1 Å². The van der Waals surface area contributed by atoms with E-state index in [-0.39, 0.29) is 17.3 Å². The van der Waals surface area contributed by atoms with E-state index >= 15 is 0 Å². The van der Waals surface area contributed by atoms with E-state index in [0.29, 0.717) is 13.0 Å². The molecule has 1 aromatic carbocycles. The number of imidazole rings is 1. The molecule has 0 atom stereocenters. The molecule has 6 nitrogen and oxygen atoms in total. The molecule has 0 aliphatic rings. The first-order valence-corrected chi connectivity index (χ1v) is 6.57. The maximum absolute atomic E-state index is 10.9. The van der Waals surface area contributed by atoms with Gasteiger partial charge < -0.3 is 9.30 Å². The summed E-state index contributed by atoms with van der Waals surface area (Å²) in [6.45, 7) is 0.317. The molecule has 0 N–H and O–H groups in total. The number of rotatable bonds is 6. The van der Waals surface area contributed by atoms with Gasteiger partial charge in [0.2, 0.25) is 0 Å². The predicted octanol–water partition coefficient (Wildman–Crippen LogP) is 2.69. The van der Waals surface area contributed by atoms with E-state index in [0.717, 1.165) is 11.4 Å². The molecule has 0 saturated carbocycles. The van der Waals surface area contributed by atoms with Crippen LogP contribution in [0.4, 0.5) is 5.69 Å². The predicted molar refractivity (Wildman–Crippen MR) is 75.1 cm³/mol. The monoisotopic (exact) mass is 295 g/mol. The number of hydrogen-bond acceptors (Lipinski definition) is 4. The number of aromatic nitrogens is 2. The second-order valence-electron chi connectivity index (χ2n) is 4.25. The number of ether oxygens (including phenoxy) is 1. The quantitative estimate of drug-likeness (QED) is 0.467. The third-order valence-corrected chi connectivity index (χ3v) is 3.19. The maximum atomic E-state index is 10.9. The molecule has 7 heteroatoms. The Morgan fingerprint density at radius 1 is 1.50 bits per heavy atom. The molecule has 0 aliphatic carbocycles. The van der Waals surface area contributed by atoms with E-state index in [1.165, 1.54) is 6.07 Å². The Morgan fingerprint density at radius 2 is 2.30 bits per heavy atom. The minimum Gasteiger partial charge on any atom is -0.486 e. The standard InChI is InChI=1S/C13H14ClN3O3/c1-16-6-5-15-13(16)4-7-20-12-8-10(9-14)2-3-11(12)17(18)19/h2-3,5-6,8H,4,7,9H2,1H3. The molecule has 0 unspecified atom stereocenters. The highest BCUT2D eigenvalue weighted by Crippen LogP contribution is 2.28. The molecule has 1 aromatic heterocycles. The highest BCUT2D eigenvalue weighted by atomic mass is 35.5. The molecule has 2 aromatic rings. The van der Waals surface area contributed by atoms with Gasteiger partial charge in [0.15, 0.2) is 5.75 Å². The summed E-state index contributed by atoms with van der Waals surface area (Å²) in [6.07, 6.45) is 4.11. The number of nitro groups is 1. The Labute approximate surface area is 121 Å². The Morgan fingerprint density at radius 3 is 2.90 bits per heavy atom. The third-order valence-electron chi connectivity index (χ3n) is 2.88. The van der Waals surface area contributed by atoms with E-state index in [2.05, 4.69) is 4.98 Å². The molecule has 0 saturated heterocycles. The molecule has 20 heavy (non-hydrogen) atoms. The Bertz CT molecular complexity index is 613. The smallest absolute Gasteiger partial charge is 0.310 e. The number of hydrogen-bond donors (Lipinski definition) is 0. The normalized spacial score (nSPS) is 10.5. The SMILES string of the molecule is Cn1ccnc1CCOc1cc(CCl)ccc1[N+](=O)[O-]. The summed E-state index contributed by atoms with van der Waals surface area (Å²) in [6, 6.07) is 4.63. The lowest BCUT2D eigenvalue weighted by Crippen LogP contribution is -2.07. The molecule has 2 rings (SSSR count). The van der Waals surface area contributed by atoms with Gasteiger partial charge in [0, 0.05) is 37.8 Å². The number of halogens is 1. The highest BCUT2D eigenvalue weighted by Gasteiger charge is 2.15. The van der Waals surface area contributed by atoms with Crippen LogP contribution >= 0.6 is 11.6 Å². The van der Waals surface area contributed by atoms with Crippen LogP contribution in [-0.2, 0) is 19.3 Å². The zero-order chi connectivity index (χ0) is 14.5. The summed E-state index contributed by atoms with van der Waals surface area (Å²) < 4.78 is 7.40. The van der Waals surface area contributed by atoms with Crippen molar-refractivity contribution in [1.82, 2.24) is 9.55 Å². The van der Waals surface area contributed by atoms with Crippen LogP contribution in [0.15, 0.2) is 30.6 Å². The summed E-state index contributed by atoms with van der Waals surface area (Å²) in [5, 5.41) is 10.9. The second kappa shape index (κ2) is 6.38. The summed E-state index contributed by atoms with van der Waals surface area (Å²) in [7, 11) is 1.89. The molecule has 0 spiro atoms. The minimum absolute atomic E-state index is 0.0568. The first kappa shape index (κ1) is 14.3. The molecule has 1 heterocycles. The summed E-state index contributed by atoms with van der Waals surface area (Å²) >= 11 is 5.73. The van der Waals surface area contributed by atoms with Gasteiger partial charge in [-0.05, 0) is 11.6 Å². The summed E-state index contributed by atoms with van der Waals surface area (Å²) in [5.41, 5.74) is 0.725. The van der Waals surface area contributed by atoms with E-state index < -0.39 is 4.92 Å². The number of aryl methyl sites for hydroxylation is 1. The van der Waals surface area contributed by atoms with Crippen LogP contribution in [0.5, 0.6) is 5.75 Å². The molecular weight excluding hydrogens is 282 g/mol. The van der Waals surface area contributed by atoms with Crippen molar-refractivity contribution < 1.29 is 9.66 Å². The van der Waals surface area contributed by atoms with Crippen molar-refractivity contribution in [2.75, 3.05) is 6.61 Å². The average molecular weight is 296 g/mol.